The van der Waals surface area contributed by atoms with Crippen molar-refractivity contribution in [2.45, 2.75) is 6.92 Å². The van der Waals surface area contributed by atoms with Crippen LogP contribution in [0.4, 0.5) is 23.1 Å². The van der Waals surface area contributed by atoms with Crippen molar-refractivity contribution in [1.29, 1.82) is 0 Å². The highest BCUT2D eigenvalue weighted by Crippen LogP contribution is 2.30. The maximum atomic E-state index is 11.3. The lowest BCUT2D eigenvalue weighted by Gasteiger charge is -2.13. The van der Waals surface area contributed by atoms with Crippen molar-refractivity contribution >= 4 is 23.1 Å². The smallest absolute Gasteiger partial charge is 0.319 e. The first-order valence-corrected chi connectivity index (χ1v) is 6.11. The van der Waals surface area contributed by atoms with E-state index in [9.17, 15) is 10.1 Å². The Kier molecular flexibility index (Phi) is 4.24. The highest BCUT2D eigenvalue weighted by molar-refractivity contribution is 5.72. The average molecular weight is 289 g/mol. The van der Waals surface area contributed by atoms with E-state index in [4.69, 9.17) is 0 Å². The van der Waals surface area contributed by atoms with Gasteiger partial charge in [-0.3, -0.25) is 15.5 Å². The van der Waals surface area contributed by atoms with Gasteiger partial charge in [0.15, 0.2) is 0 Å². The maximum absolute atomic E-state index is 11.3. The molecular formula is C12H15N7O2. The molecule has 0 spiro atoms. The van der Waals surface area contributed by atoms with Crippen LogP contribution in [0.1, 0.15) is 5.69 Å². The summed E-state index contributed by atoms with van der Waals surface area (Å²) in [5.74, 6) is 0.667. The summed E-state index contributed by atoms with van der Waals surface area (Å²) in [6, 6.07) is 5.34. The van der Waals surface area contributed by atoms with Crippen LogP contribution in [0, 0.1) is 17.0 Å². The molecule has 9 nitrogen and oxygen atoms in total. The molecule has 110 valence electrons. The lowest BCUT2D eigenvalue weighted by Crippen LogP contribution is -2.21. The van der Waals surface area contributed by atoms with Gasteiger partial charge in [-0.05, 0) is 19.1 Å². The minimum atomic E-state index is -0.538. The zero-order chi connectivity index (χ0) is 15.4. The quantitative estimate of drug-likeness (QED) is 0.632. The highest BCUT2D eigenvalue weighted by Gasteiger charge is 2.23. The summed E-state index contributed by atoms with van der Waals surface area (Å²) in [4.78, 5) is 22.8. The molecule has 0 unspecified atom stereocenters. The summed E-state index contributed by atoms with van der Waals surface area (Å²) in [6.07, 6.45) is 1.25. The SMILES string of the molecule is Cc1cccc(Nc2ncnc(NN(C)C)c2[N+](=O)[O-])n1. The Bertz CT molecular complexity index is 660. The van der Waals surface area contributed by atoms with E-state index in [2.05, 4.69) is 25.7 Å². The molecule has 0 fully saturated rings. The van der Waals surface area contributed by atoms with Gasteiger partial charge in [0, 0.05) is 19.8 Å². The number of nitrogens with zero attached hydrogens (tertiary/aromatic N) is 5. The van der Waals surface area contributed by atoms with Gasteiger partial charge in [0.2, 0.25) is 11.6 Å². The monoisotopic (exact) mass is 289 g/mol. The Hall–Kier alpha value is -2.81. The summed E-state index contributed by atoms with van der Waals surface area (Å²) in [7, 11) is 3.42. The van der Waals surface area contributed by atoms with Crippen molar-refractivity contribution in [2.24, 2.45) is 0 Å². The van der Waals surface area contributed by atoms with E-state index >= 15 is 0 Å². The molecule has 2 N–H and O–H groups in total. The second-order valence-corrected chi connectivity index (χ2v) is 4.47. The zero-order valence-electron chi connectivity index (χ0n) is 11.9. The second kappa shape index (κ2) is 6.09. The van der Waals surface area contributed by atoms with Crippen molar-refractivity contribution in [1.82, 2.24) is 20.0 Å². The van der Waals surface area contributed by atoms with Crippen molar-refractivity contribution in [2.75, 3.05) is 24.8 Å². The Balaban J connectivity index is 2.41. The molecule has 0 atom stereocenters. The van der Waals surface area contributed by atoms with Crippen LogP contribution in [0.5, 0.6) is 0 Å². The van der Waals surface area contributed by atoms with Crippen LogP contribution in [0.3, 0.4) is 0 Å². The number of hydrazine groups is 1. The fourth-order valence-electron chi connectivity index (χ4n) is 1.67. The number of hydrogen-bond donors (Lipinski definition) is 2. The molecule has 0 saturated heterocycles. The topological polar surface area (TPSA) is 109 Å². The summed E-state index contributed by atoms with van der Waals surface area (Å²) >= 11 is 0. The molecule has 2 aromatic rings. The predicted molar refractivity (Wildman–Crippen MR) is 78.3 cm³/mol. The Labute approximate surface area is 121 Å². The molecule has 2 rings (SSSR count). The molecule has 0 saturated carbocycles. The van der Waals surface area contributed by atoms with E-state index in [0.29, 0.717) is 5.82 Å². The van der Waals surface area contributed by atoms with Gasteiger partial charge in [0.25, 0.3) is 0 Å². The predicted octanol–water partition coefficient (Wildman–Crippen LogP) is 1.72. The number of aryl methyl sites for hydroxylation is 1. The molecule has 0 radical (unpaired) electrons. The number of aromatic nitrogens is 3. The van der Waals surface area contributed by atoms with Crippen molar-refractivity contribution in [3.05, 3.63) is 40.3 Å². The fourth-order valence-corrected chi connectivity index (χ4v) is 1.67. The van der Waals surface area contributed by atoms with Crippen LogP contribution < -0.4 is 10.7 Å². The van der Waals surface area contributed by atoms with Crippen LogP contribution in [0.15, 0.2) is 24.5 Å². The number of nitro groups is 1. The molecule has 0 bridgehead atoms. The van der Waals surface area contributed by atoms with E-state index < -0.39 is 4.92 Å². The van der Waals surface area contributed by atoms with Gasteiger partial charge >= 0.3 is 5.69 Å². The first-order valence-electron chi connectivity index (χ1n) is 6.11. The number of hydrogen-bond acceptors (Lipinski definition) is 8. The van der Waals surface area contributed by atoms with Gasteiger partial charge in [-0.25, -0.2) is 20.0 Å². The van der Waals surface area contributed by atoms with Crippen molar-refractivity contribution in [3.63, 3.8) is 0 Å². The summed E-state index contributed by atoms with van der Waals surface area (Å²) in [5, 5.41) is 15.7. The third-order valence-electron chi connectivity index (χ3n) is 2.47. The van der Waals surface area contributed by atoms with Gasteiger partial charge in [0.1, 0.15) is 12.1 Å². The normalized spacial score (nSPS) is 10.5. The Morgan fingerprint density at radius 2 is 1.95 bits per heavy atom. The Morgan fingerprint density at radius 1 is 1.24 bits per heavy atom. The largest absolute Gasteiger partial charge is 0.354 e. The lowest BCUT2D eigenvalue weighted by molar-refractivity contribution is -0.383. The van der Waals surface area contributed by atoms with Crippen LogP contribution in [0.2, 0.25) is 0 Å². The van der Waals surface area contributed by atoms with Crippen LogP contribution >= 0.6 is 0 Å². The van der Waals surface area contributed by atoms with E-state index in [1.165, 1.54) is 6.33 Å². The fraction of sp³-hybridized carbons (Fsp3) is 0.250. The average Bonchev–Trinajstić information content (AvgIpc) is 2.37. The van der Waals surface area contributed by atoms with Gasteiger partial charge in [-0.1, -0.05) is 6.07 Å². The maximum Gasteiger partial charge on any atom is 0.354 e. The molecule has 0 aliphatic carbocycles. The molecule has 0 aromatic carbocycles. The van der Waals surface area contributed by atoms with Crippen LogP contribution in [-0.2, 0) is 0 Å². The van der Waals surface area contributed by atoms with Gasteiger partial charge < -0.3 is 5.32 Å². The molecule has 0 aliphatic rings. The van der Waals surface area contributed by atoms with Crippen molar-refractivity contribution < 1.29 is 4.92 Å². The number of pyridine rings is 1. The molecule has 0 aliphatic heterocycles. The molecule has 21 heavy (non-hydrogen) atoms. The third-order valence-corrected chi connectivity index (χ3v) is 2.47. The number of rotatable bonds is 5. The van der Waals surface area contributed by atoms with Gasteiger partial charge in [0.05, 0.1) is 4.92 Å². The number of anilines is 3. The number of nitrogens with one attached hydrogen (secondary N) is 2. The second-order valence-electron chi connectivity index (χ2n) is 4.47. The summed E-state index contributed by atoms with van der Waals surface area (Å²) in [6.45, 7) is 1.83. The molecule has 0 amide bonds. The van der Waals surface area contributed by atoms with E-state index in [-0.39, 0.29) is 17.3 Å². The molecule has 2 aromatic heterocycles. The summed E-state index contributed by atoms with van der Waals surface area (Å²) < 4.78 is 0. The highest BCUT2D eigenvalue weighted by atomic mass is 16.6. The third kappa shape index (κ3) is 3.60. The summed E-state index contributed by atoms with van der Waals surface area (Å²) in [5.41, 5.74) is 3.33. The van der Waals surface area contributed by atoms with E-state index in [0.717, 1.165) is 5.69 Å². The van der Waals surface area contributed by atoms with Crippen molar-refractivity contribution in [3.8, 4) is 0 Å². The Morgan fingerprint density at radius 3 is 2.57 bits per heavy atom. The van der Waals surface area contributed by atoms with E-state index in [1.807, 2.05) is 13.0 Å². The lowest BCUT2D eigenvalue weighted by atomic mass is 10.3. The standard InChI is InChI=1S/C12H15N7O2/c1-8-5-4-6-9(15-8)16-11-10(19(20)21)12(14-7-13-11)17-18(2)3/h4-7H,1-3H3,(H2,13,14,15,16,17). The minimum absolute atomic E-state index is 0.0810. The minimum Gasteiger partial charge on any atom is -0.319 e. The van der Waals surface area contributed by atoms with E-state index in [1.54, 1.807) is 31.2 Å². The molecule has 9 heteroatoms. The molecular weight excluding hydrogens is 274 g/mol. The van der Waals surface area contributed by atoms with Crippen LogP contribution in [-0.4, -0.2) is 39.0 Å². The van der Waals surface area contributed by atoms with Gasteiger partial charge in [-0.2, -0.15) is 0 Å². The van der Waals surface area contributed by atoms with Crippen LogP contribution in [0.25, 0.3) is 0 Å². The molecule has 2 heterocycles. The first kappa shape index (κ1) is 14.6. The van der Waals surface area contributed by atoms with Gasteiger partial charge in [-0.15, -0.1) is 0 Å². The first-order chi connectivity index (χ1) is 9.97. The zero-order valence-corrected chi connectivity index (χ0v) is 11.9.